The van der Waals surface area contributed by atoms with Gasteiger partial charge in [0.2, 0.25) is 0 Å². The van der Waals surface area contributed by atoms with Crippen molar-refractivity contribution in [3.05, 3.63) is 82.4 Å². The zero-order valence-corrected chi connectivity index (χ0v) is 14.6. The third-order valence-electron chi connectivity index (χ3n) is 4.10. The Bertz CT molecular complexity index is 665. The van der Waals surface area contributed by atoms with Crippen LogP contribution in [0, 0.1) is 0 Å². The molecule has 3 heteroatoms. The van der Waals surface area contributed by atoms with E-state index >= 15 is 0 Å². The zero-order chi connectivity index (χ0) is 16.7. The fourth-order valence-electron chi connectivity index (χ4n) is 2.85. The van der Waals surface area contributed by atoms with Crippen molar-refractivity contribution in [2.24, 2.45) is 0 Å². The number of carbonyl (C=O) groups is 1. The van der Waals surface area contributed by atoms with E-state index in [1.165, 1.54) is 5.54 Å². The highest BCUT2D eigenvalue weighted by Crippen LogP contribution is 2.42. The number of carbonyl (C=O) groups excluding carboxylic acids is 1. The highest BCUT2D eigenvalue weighted by molar-refractivity contribution is 6.39. The normalized spacial score (nSPS) is 14.3. The molecule has 0 saturated heterocycles. The molecular weight excluding hydrogens is 327 g/mol. The van der Waals surface area contributed by atoms with Crippen molar-refractivity contribution in [3.63, 3.8) is 0 Å². The summed E-state index contributed by atoms with van der Waals surface area (Å²) in [5, 5.41) is 0.368. The van der Waals surface area contributed by atoms with Gasteiger partial charge in [-0.05, 0) is 12.0 Å². The van der Waals surface area contributed by atoms with Gasteiger partial charge in [0.25, 0.3) is 0 Å². The molecule has 0 heterocycles. The molecule has 1 nitrogen and oxygen atoms in total. The Morgan fingerprint density at radius 2 is 1.61 bits per heavy atom. The summed E-state index contributed by atoms with van der Waals surface area (Å²) < 4.78 is 0. The van der Waals surface area contributed by atoms with E-state index in [-0.39, 0.29) is 5.78 Å². The van der Waals surface area contributed by atoms with Crippen molar-refractivity contribution < 1.29 is 4.79 Å². The minimum atomic E-state index is -0.929. The fourth-order valence-corrected chi connectivity index (χ4v) is 3.32. The van der Waals surface area contributed by atoms with Crippen LogP contribution in [0.1, 0.15) is 42.1 Å². The van der Waals surface area contributed by atoms with Crippen LogP contribution in [-0.4, -0.2) is 5.78 Å². The number of rotatable bonds is 7. The van der Waals surface area contributed by atoms with E-state index < -0.39 is 5.41 Å². The first-order valence-corrected chi connectivity index (χ1v) is 8.60. The predicted molar refractivity (Wildman–Crippen MR) is 98.2 cm³/mol. The molecule has 0 aliphatic rings. The standard InChI is InChI=1S/C20H20Cl2O/c1-2-3-14-20(18(22)15-21,17-12-8-5-9-13-17)19(23)16-10-6-4-7-11-16/h4-13,15H,2-3,14H2,1H3/b18-15-. The molecule has 0 amide bonds. The molecule has 0 aliphatic heterocycles. The second kappa shape index (κ2) is 8.33. The van der Waals surface area contributed by atoms with E-state index in [4.69, 9.17) is 23.2 Å². The molecule has 2 aromatic rings. The molecule has 1 atom stereocenters. The van der Waals surface area contributed by atoms with Gasteiger partial charge in [0.05, 0.1) is 5.41 Å². The SMILES string of the molecule is CCCCC(C(=O)c1ccccc1)(/C(Cl)=C/Cl)c1ccccc1. The van der Waals surface area contributed by atoms with Crippen molar-refractivity contribution in [1.29, 1.82) is 0 Å². The van der Waals surface area contributed by atoms with Crippen LogP contribution in [0.3, 0.4) is 0 Å². The molecule has 0 fully saturated rings. The van der Waals surface area contributed by atoms with Crippen LogP contribution in [0.15, 0.2) is 71.2 Å². The van der Waals surface area contributed by atoms with Gasteiger partial charge >= 0.3 is 0 Å². The van der Waals surface area contributed by atoms with Crippen LogP contribution < -0.4 is 0 Å². The first-order valence-electron chi connectivity index (χ1n) is 7.78. The largest absolute Gasteiger partial charge is 0.293 e. The van der Waals surface area contributed by atoms with Gasteiger partial charge in [0, 0.05) is 16.1 Å². The van der Waals surface area contributed by atoms with Gasteiger partial charge in [0.1, 0.15) is 0 Å². The summed E-state index contributed by atoms with van der Waals surface area (Å²) in [6.45, 7) is 2.10. The zero-order valence-electron chi connectivity index (χ0n) is 13.1. The average Bonchev–Trinajstić information content (AvgIpc) is 2.63. The smallest absolute Gasteiger partial charge is 0.178 e. The van der Waals surface area contributed by atoms with Crippen molar-refractivity contribution in [2.75, 3.05) is 0 Å². The molecule has 0 spiro atoms. The van der Waals surface area contributed by atoms with E-state index in [0.29, 0.717) is 17.0 Å². The lowest BCUT2D eigenvalue weighted by Gasteiger charge is -2.32. The summed E-state index contributed by atoms with van der Waals surface area (Å²) in [7, 11) is 0. The Morgan fingerprint density at radius 1 is 1.04 bits per heavy atom. The molecule has 2 rings (SSSR count). The number of ketones is 1. The number of allylic oxidation sites excluding steroid dienone is 1. The Morgan fingerprint density at radius 3 is 2.13 bits per heavy atom. The summed E-state index contributed by atoms with van der Waals surface area (Å²) in [5.41, 5.74) is 1.92. The van der Waals surface area contributed by atoms with E-state index in [1.54, 1.807) is 0 Å². The molecule has 120 valence electrons. The molecular formula is C20H20Cl2O. The third-order valence-corrected chi connectivity index (χ3v) is 4.86. The summed E-state index contributed by atoms with van der Waals surface area (Å²) in [4.78, 5) is 13.4. The van der Waals surface area contributed by atoms with Gasteiger partial charge in [-0.2, -0.15) is 0 Å². The van der Waals surface area contributed by atoms with Crippen LogP contribution in [0.4, 0.5) is 0 Å². The number of unbranched alkanes of at least 4 members (excludes halogenated alkanes) is 1. The second-order valence-corrected chi connectivity index (χ2v) is 6.15. The van der Waals surface area contributed by atoms with Crippen molar-refractivity contribution in [1.82, 2.24) is 0 Å². The Hall–Kier alpha value is -1.57. The number of hydrogen-bond acceptors (Lipinski definition) is 1. The quantitative estimate of drug-likeness (QED) is 0.536. The van der Waals surface area contributed by atoms with Crippen LogP contribution >= 0.6 is 23.2 Å². The molecule has 0 aromatic heterocycles. The van der Waals surface area contributed by atoms with Gasteiger partial charge in [-0.25, -0.2) is 0 Å². The Kier molecular flexibility index (Phi) is 6.44. The number of halogens is 2. The maximum absolute atomic E-state index is 13.4. The average molecular weight is 347 g/mol. The second-order valence-electron chi connectivity index (χ2n) is 5.53. The lowest BCUT2D eigenvalue weighted by molar-refractivity contribution is 0.0905. The minimum Gasteiger partial charge on any atom is -0.293 e. The summed E-state index contributed by atoms with van der Waals surface area (Å²) in [5.74, 6) is -0.0142. The number of benzene rings is 2. The Labute approximate surface area is 147 Å². The molecule has 0 aliphatic carbocycles. The monoisotopic (exact) mass is 346 g/mol. The van der Waals surface area contributed by atoms with Gasteiger partial charge in [-0.15, -0.1) is 0 Å². The summed E-state index contributed by atoms with van der Waals surface area (Å²) >= 11 is 12.5. The van der Waals surface area contributed by atoms with Crippen molar-refractivity contribution in [3.8, 4) is 0 Å². The van der Waals surface area contributed by atoms with Crippen LogP contribution in [0.25, 0.3) is 0 Å². The molecule has 23 heavy (non-hydrogen) atoms. The topological polar surface area (TPSA) is 17.1 Å². The third kappa shape index (κ3) is 3.68. The fraction of sp³-hybridized carbons (Fsp3) is 0.250. The first-order chi connectivity index (χ1) is 11.2. The first kappa shape index (κ1) is 17.8. The summed E-state index contributed by atoms with van der Waals surface area (Å²) in [6, 6.07) is 18.9. The maximum atomic E-state index is 13.4. The van der Waals surface area contributed by atoms with Gasteiger partial charge in [0.15, 0.2) is 5.78 Å². The minimum absolute atomic E-state index is 0.0142. The van der Waals surface area contributed by atoms with E-state index in [0.717, 1.165) is 18.4 Å². The van der Waals surface area contributed by atoms with Crippen LogP contribution in [0.5, 0.6) is 0 Å². The molecule has 0 bridgehead atoms. The van der Waals surface area contributed by atoms with Gasteiger partial charge < -0.3 is 0 Å². The number of Topliss-reactive ketones (excluding diaryl/α,β-unsaturated/α-hetero) is 1. The van der Waals surface area contributed by atoms with Crippen LogP contribution in [-0.2, 0) is 5.41 Å². The molecule has 0 N–H and O–H groups in total. The van der Waals surface area contributed by atoms with E-state index in [9.17, 15) is 4.79 Å². The van der Waals surface area contributed by atoms with Crippen molar-refractivity contribution >= 4 is 29.0 Å². The van der Waals surface area contributed by atoms with Crippen molar-refractivity contribution in [2.45, 2.75) is 31.6 Å². The highest BCUT2D eigenvalue weighted by atomic mass is 35.5. The maximum Gasteiger partial charge on any atom is 0.178 e. The molecule has 1 unspecified atom stereocenters. The molecule has 0 radical (unpaired) electrons. The molecule has 0 saturated carbocycles. The van der Waals surface area contributed by atoms with E-state index in [2.05, 4.69) is 6.92 Å². The Balaban J connectivity index is 2.64. The lowest BCUT2D eigenvalue weighted by Crippen LogP contribution is -2.36. The van der Waals surface area contributed by atoms with Gasteiger partial charge in [-0.1, -0.05) is 104 Å². The molecule has 2 aromatic carbocycles. The predicted octanol–water partition coefficient (Wildman–Crippen LogP) is 6.32. The number of hydrogen-bond donors (Lipinski definition) is 0. The van der Waals surface area contributed by atoms with E-state index in [1.807, 2.05) is 60.7 Å². The van der Waals surface area contributed by atoms with Crippen LogP contribution in [0.2, 0.25) is 0 Å². The highest BCUT2D eigenvalue weighted by Gasteiger charge is 2.42. The van der Waals surface area contributed by atoms with Gasteiger partial charge in [-0.3, -0.25) is 4.79 Å². The summed E-state index contributed by atoms with van der Waals surface area (Å²) in [6.07, 6.45) is 2.49. The lowest BCUT2D eigenvalue weighted by atomic mass is 9.71.